The highest BCUT2D eigenvalue weighted by Crippen LogP contribution is 2.26. The van der Waals surface area contributed by atoms with Crippen LogP contribution in [-0.4, -0.2) is 33.3 Å². The number of benzene rings is 1. The van der Waals surface area contributed by atoms with Crippen molar-refractivity contribution in [1.29, 1.82) is 0 Å². The Morgan fingerprint density at radius 3 is 2.90 bits per heavy atom. The fraction of sp³-hybridized carbons (Fsp3) is 0.385. The summed E-state index contributed by atoms with van der Waals surface area (Å²) in [7, 11) is 1.34. The SMILES string of the molecule is CCCn1nnnc1COc1ccc(C(=O)OC)cc1Br. The molecule has 0 saturated carbocycles. The van der Waals surface area contributed by atoms with Crippen LogP contribution < -0.4 is 4.74 Å². The molecule has 0 N–H and O–H groups in total. The van der Waals surface area contributed by atoms with Gasteiger partial charge in [-0.05, 0) is 51.0 Å². The molecular weight excluding hydrogens is 340 g/mol. The molecule has 8 heteroatoms. The molecule has 0 aliphatic heterocycles. The molecule has 0 atom stereocenters. The van der Waals surface area contributed by atoms with E-state index in [-0.39, 0.29) is 6.61 Å². The van der Waals surface area contributed by atoms with E-state index in [2.05, 4.69) is 43.1 Å². The lowest BCUT2D eigenvalue weighted by atomic mass is 10.2. The van der Waals surface area contributed by atoms with Crippen molar-refractivity contribution in [2.24, 2.45) is 0 Å². The van der Waals surface area contributed by atoms with E-state index < -0.39 is 5.97 Å². The molecule has 2 aromatic rings. The van der Waals surface area contributed by atoms with Crippen LogP contribution in [-0.2, 0) is 17.9 Å². The molecule has 0 bridgehead atoms. The van der Waals surface area contributed by atoms with Crippen molar-refractivity contribution in [3.63, 3.8) is 0 Å². The number of hydrogen-bond acceptors (Lipinski definition) is 6. The van der Waals surface area contributed by atoms with Crippen molar-refractivity contribution in [3.8, 4) is 5.75 Å². The number of esters is 1. The summed E-state index contributed by atoms with van der Waals surface area (Å²) in [6, 6.07) is 4.99. The van der Waals surface area contributed by atoms with Gasteiger partial charge in [0.2, 0.25) is 0 Å². The van der Waals surface area contributed by atoms with E-state index in [1.807, 2.05) is 0 Å². The lowest BCUT2D eigenvalue weighted by Crippen LogP contribution is -2.09. The molecule has 21 heavy (non-hydrogen) atoms. The Morgan fingerprint density at radius 2 is 2.24 bits per heavy atom. The first kappa shape index (κ1) is 15.4. The molecule has 7 nitrogen and oxygen atoms in total. The van der Waals surface area contributed by atoms with Crippen LogP contribution in [0.25, 0.3) is 0 Å². The molecule has 1 heterocycles. The summed E-state index contributed by atoms with van der Waals surface area (Å²) in [6.45, 7) is 3.05. The molecule has 0 amide bonds. The Kier molecular flexibility index (Phi) is 5.26. The number of aromatic nitrogens is 4. The average Bonchev–Trinajstić information content (AvgIpc) is 2.93. The van der Waals surface area contributed by atoms with Crippen LogP contribution in [0, 0.1) is 0 Å². The monoisotopic (exact) mass is 354 g/mol. The zero-order chi connectivity index (χ0) is 15.2. The van der Waals surface area contributed by atoms with E-state index in [1.54, 1.807) is 22.9 Å². The number of carbonyl (C=O) groups is 1. The Morgan fingerprint density at radius 1 is 1.43 bits per heavy atom. The molecule has 0 unspecified atom stereocenters. The van der Waals surface area contributed by atoms with Crippen molar-refractivity contribution in [1.82, 2.24) is 20.2 Å². The molecule has 0 aliphatic carbocycles. The fourth-order valence-corrected chi connectivity index (χ4v) is 2.21. The first-order valence-corrected chi connectivity index (χ1v) is 7.20. The Labute approximate surface area is 130 Å². The van der Waals surface area contributed by atoms with Crippen LogP contribution in [0.5, 0.6) is 5.75 Å². The number of methoxy groups -OCH3 is 1. The van der Waals surface area contributed by atoms with Crippen molar-refractivity contribution < 1.29 is 14.3 Å². The minimum Gasteiger partial charge on any atom is -0.484 e. The molecule has 0 spiro atoms. The van der Waals surface area contributed by atoms with Crippen LogP contribution >= 0.6 is 15.9 Å². The molecular formula is C13H15BrN4O3. The number of aryl methyl sites for hydroxylation is 1. The summed E-state index contributed by atoms with van der Waals surface area (Å²) in [5.41, 5.74) is 0.451. The number of ether oxygens (including phenoxy) is 2. The third-order valence-corrected chi connectivity index (χ3v) is 3.37. The molecule has 0 aliphatic rings. The maximum Gasteiger partial charge on any atom is 0.337 e. The summed E-state index contributed by atoms with van der Waals surface area (Å²) in [4.78, 5) is 11.4. The summed E-state index contributed by atoms with van der Waals surface area (Å²) in [5, 5.41) is 11.5. The average molecular weight is 355 g/mol. The second kappa shape index (κ2) is 7.16. The summed E-state index contributed by atoms with van der Waals surface area (Å²) >= 11 is 3.37. The second-order valence-electron chi connectivity index (χ2n) is 4.24. The number of carbonyl (C=O) groups excluding carboxylic acids is 1. The first-order valence-electron chi connectivity index (χ1n) is 6.41. The third kappa shape index (κ3) is 3.78. The van der Waals surface area contributed by atoms with Crippen molar-refractivity contribution in [2.75, 3.05) is 7.11 Å². The molecule has 2 rings (SSSR count). The zero-order valence-corrected chi connectivity index (χ0v) is 13.3. The van der Waals surface area contributed by atoms with E-state index in [0.29, 0.717) is 21.6 Å². The van der Waals surface area contributed by atoms with Gasteiger partial charge < -0.3 is 9.47 Å². The van der Waals surface area contributed by atoms with E-state index >= 15 is 0 Å². The van der Waals surface area contributed by atoms with E-state index in [4.69, 9.17) is 4.74 Å². The molecule has 0 saturated heterocycles. The van der Waals surface area contributed by atoms with Gasteiger partial charge in [-0.25, -0.2) is 9.48 Å². The van der Waals surface area contributed by atoms with Crippen LogP contribution in [0.4, 0.5) is 0 Å². The third-order valence-electron chi connectivity index (χ3n) is 2.75. The highest BCUT2D eigenvalue weighted by atomic mass is 79.9. The Balaban J connectivity index is 2.06. The maximum absolute atomic E-state index is 11.4. The van der Waals surface area contributed by atoms with Gasteiger partial charge in [0, 0.05) is 6.54 Å². The lowest BCUT2D eigenvalue weighted by Gasteiger charge is -2.09. The van der Waals surface area contributed by atoms with E-state index in [1.165, 1.54) is 7.11 Å². The number of nitrogens with zero attached hydrogens (tertiary/aromatic N) is 4. The van der Waals surface area contributed by atoms with Crippen molar-refractivity contribution >= 4 is 21.9 Å². The van der Waals surface area contributed by atoms with Crippen LogP contribution in [0.15, 0.2) is 22.7 Å². The first-order chi connectivity index (χ1) is 10.2. The van der Waals surface area contributed by atoms with Gasteiger partial charge in [-0.2, -0.15) is 0 Å². The van der Waals surface area contributed by atoms with Gasteiger partial charge in [0.1, 0.15) is 12.4 Å². The highest BCUT2D eigenvalue weighted by molar-refractivity contribution is 9.10. The maximum atomic E-state index is 11.4. The standard InChI is InChI=1S/C13H15BrN4O3/c1-3-6-18-12(15-16-17-18)8-21-11-5-4-9(7-10(11)14)13(19)20-2/h4-5,7H,3,6,8H2,1-2H3. The van der Waals surface area contributed by atoms with Crippen molar-refractivity contribution in [2.45, 2.75) is 26.5 Å². The topological polar surface area (TPSA) is 79.1 Å². The predicted octanol–water partition coefficient (Wildman–Crippen LogP) is 2.21. The van der Waals surface area contributed by atoms with Crippen LogP contribution in [0.2, 0.25) is 0 Å². The van der Waals surface area contributed by atoms with Gasteiger partial charge in [0.25, 0.3) is 0 Å². The molecule has 112 valence electrons. The lowest BCUT2D eigenvalue weighted by molar-refractivity contribution is 0.0600. The Hall–Kier alpha value is -1.96. The van der Waals surface area contributed by atoms with Crippen molar-refractivity contribution in [3.05, 3.63) is 34.1 Å². The number of rotatable bonds is 6. The predicted molar refractivity (Wildman–Crippen MR) is 77.9 cm³/mol. The quantitative estimate of drug-likeness (QED) is 0.740. The minimum atomic E-state index is -0.394. The van der Waals surface area contributed by atoms with Crippen LogP contribution in [0.3, 0.4) is 0 Å². The smallest absolute Gasteiger partial charge is 0.337 e. The molecule has 1 aromatic carbocycles. The molecule has 0 fully saturated rings. The summed E-state index contributed by atoms with van der Waals surface area (Å²) < 4.78 is 12.7. The number of halogens is 1. The van der Waals surface area contributed by atoms with Gasteiger partial charge >= 0.3 is 5.97 Å². The minimum absolute atomic E-state index is 0.253. The fourth-order valence-electron chi connectivity index (χ4n) is 1.72. The molecule has 1 aromatic heterocycles. The van der Waals surface area contributed by atoms with Gasteiger partial charge in [-0.15, -0.1) is 5.10 Å². The number of hydrogen-bond donors (Lipinski definition) is 0. The molecule has 0 radical (unpaired) electrons. The van der Waals surface area contributed by atoms with E-state index in [9.17, 15) is 4.79 Å². The highest BCUT2D eigenvalue weighted by Gasteiger charge is 2.11. The zero-order valence-electron chi connectivity index (χ0n) is 11.7. The van der Waals surface area contributed by atoms with Gasteiger partial charge in [-0.3, -0.25) is 0 Å². The van der Waals surface area contributed by atoms with Gasteiger partial charge in [0.15, 0.2) is 5.82 Å². The largest absolute Gasteiger partial charge is 0.484 e. The number of tetrazole rings is 1. The van der Waals surface area contributed by atoms with Gasteiger partial charge in [0.05, 0.1) is 17.1 Å². The summed E-state index contributed by atoms with van der Waals surface area (Å²) in [6.07, 6.45) is 0.940. The van der Waals surface area contributed by atoms with Crippen LogP contribution in [0.1, 0.15) is 29.5 Å². The van der Waals surface area contributed by atoms with Gasteiger partial charge in [-0.1, -0.05) is 6.92 Å². The van der Waals surface area contributed by atoms with E-state index in [0.717, 1.165) is 13.0 Å². The normalized spacial score (nSPS) is 10.4. The Bertz CT molecular complexity index is 630. The summed E-state index contributed by atoms with van der Waals surface area (Å²) in [5.74, 6) is 0.864. The second-order valence-corrected chi connectivity index (χ2v) is 5.10.